The van der Waals surface area contributed by atoms with Crippen LogP contribution in [-0.4, -0.2) is 63.3 Å². The summed E-state index contributed by atoms with van der Waals surface area (Å²) in [6.07, 6.45) is 1.33. The molecule has 1 saturated heterocycles. The Morgan fingerprint density at radius 2 is 2.23 bits per heavy atom. The standard InChI is InChI=1S/C12H17N5O5/c13-7-5-22-6-8(7)17(4-11(19)20)10(18)3-16-2-1-9(14)15-12(16)21/h1-2,7-8H,3-6,13H2,(H,19,20)(H2,14,15,21)/t7-,8-/m0/s1. The van der Waals surface area contributed by atoms with Gasteiger partial charge < -0.3 is 26.2 Å². The Hall–Kier alpha value is -2.46. The number of aromatic nitrogens is 2. The van der Waals surface area contributed by atoms with Gasteiger partial charge in [0.25, 0.3) is 0 Å². The maximum absolute atomic E-state index is 12.4. The minimum atomic E-state index is -1.17. The fraction of sp³-hybridized carbons (Fsp3) is 0.500. The van der Waals surface area contributed by atoms with Crippen molar-refractivity contribution < 1.29 is 19.4 Å². The topological polar surface area (TPSA) is 154 Å². The van der Waals surface area contributed by atoms with Gasteiger partial charge in [-0.1, -0.05) is 0 Å². The van der Waals surface area contributed by atoms with E-state index in [0.29, 0.717) is 0 Å². The second-order valence-electron chi connectivity index (χ2n) is 4.95. The molecule has 0 aliphatic carbocycles. The third kappa shape index (κ3) is 3.59. The van der Waals surface area contributed by atoms with E-state index in [1.54, 1.807) is 0 Å². The van der Waals surface area contributed by atoms with E-state index in [2.05, 4.69) is 4.98 Å². The molecule has 2 atom stereocenters. The van der Waals surface area contributed by atoms with Crippen molar-refractivity contribution in [1.29, 1.82) is 0 Å². The Morgan fingerprint density at radius 3 is 2.77 bits per heavy atom. The van der Waals surface area contributed by atoms with Gasteiger partial charge in [0.15, 0.2) is 0 Å². The molecule has 0 radical (unpaired) electrons. The van der Waals surface area contributed by atoms with Crippen molar-refractivity contribution >= 4 is 17.7 Å². The van der Waals surface area contributed by atoms with E-state index in [1.807, 2.05) is 0 Å². The molecule has 1 aromatic heterocycles. The molecular formula is C12H17N5O5. The van der Waals surface area contributed by atoms with Crippen molar-refractivity contribution in [3.63, 3.8) is 0 Å². The number of nitrogens with zero attached hydrogens (tertiary/aromatic N) is 3. The number of anilines is 1. The summed E-state index contributed by atoms with van der Waals surface area (Å²) in [4.78, 5) is 39.6. The molecule has 5 N–H and O–H groups in total. The van der Waals surface area contributed by atoms with Crippen molar-refractivity contribution in [1.82, 2.24) is 14.5 Å². The van der Waals surface area contributed by atoms with E-state index < -0.39 is 36.2 Å². The minimum Gasteiger partial charge on any atom is -0.480 e. The maximum Gasteiger partial charge on any atom is 0.349 e. The molecule has 0 spiro atoms. The number of amides is 1. The summed E-state index contributed by atoms with van der Waals surface area (Å²) in [5.74, 6) is -1.68. The number of hydrogen-bond acceptors (Lipinski definition) is 7. The summed E-state index contributed by atoms with van der Waals surface area (Å²) in [5, 5.41) is 8.96. The number of carbonyl (C=O) groups is 2. The lowest BCUT2D eigenvalue weighted by Gasteiger charge is -2.29. The molecule has 1 amide bonds. The first-order valence-corrected chi connectivity index (χ1v) is 6.56. The Balaban J connectivity index is 2.18. The van der Waals surface area contributed by atoms with Gasteiger partial charge in [0, 0.05) is 6.20 Å². The average molecular weight is 311 g/mol. The second kappa shape index (κ2) is 6.54. The predicted molar refractivity (Wildman–Crippen MR) is 74.8 cm³/mol. The third-order valence-corrected chi connectivity index (χ3v) is 3.32. The van der Waals surface area contributed by atoms with Crippen LogP contribution in [0, 0.1) is 0 Å². The predicted octanol–water partition coefficient (Wildman–Crippen LogP) is -2.54. The van der Waals surface area contributed by atoms with Crippen LogP contribution in [0.4, 0.5) is 5.82 Å². The van der Waals surface area contributed by atoms with Crippen molar-refractivity contribution in [2.24, 2.45) is 5.73 Å². The largest absolute Gasteiger partial charge is 0.480 e. The lowest BCUT2D eigenvalue weighted by molar-refractivity contribution is -0.146. The number of aliphatic carboxylic acids is 1. The number of carbonyl (C=O) groups excluding carboxylic acids is 1. The highest BCUT2D eigenvalue weighted by atomic mass is 16.5. The highest BCUT2D eigenvalue weighted by Gasteiger charge is 2.34. The van der Waals surface area contributed by atoms with E-state index in [1.165, 1.54) is 12.3 Å². The summed E-state index contributed by atoms with van der Waals surface area (Å²) < 4.78 is 6.21. The summed E-state index contributed by atoms with van der Waals surface area (Å²) >= 11 is 0. The van der Waals surface area contributed by atoms with Gasteiger partial charge in [0.2, 0.25) is 5.91 Å². The highest BCUT2D eigenvalue weighted by molar-refractivity contribution is 5.81. The van der Waals surface area contributed by atoms with Gasteiger partial charge in [-0.3, -0.25) is 14.2 Å². The van der Waals surface area contributed by atoms with E-state index in [-0.39, 0.29) is 25.6 Å². The summed E-state index contributed by atoms with van der Waals surface area (Å²) in [7, 11) is 0. The molecule has 0 bridgehead atoms. The Kier molecular flexibility index (Phi) is 4.73. The molecule has 0 unspecified atom stereocenters. The van der Waals surface area contributed by atoms with E-state index in [0.717, 1.165) is 9.47 Å². The Bertz CT molecular complexity index is 631. The molecule has 0 saturated carbocycles. The normalized spacial score (nSPS) is 20.8. The van der Waals surface area contributed by atoms with Gasteiger partial charge >= 0.3 is 11.7 Å². The first-order chi connectivity index (χ1) is 10.4. The van der Waals surface area contributed by atoms with Crippen LogP contribution >= 0.6 is 0 Å². The van der Waals surface area contributed by atoms with Crippen LogP contribution in [-0.2, 0) is 20.9 Å². The number of hydrogen-bond donors (Lipinski definition) is 3. The van der Waals surface area contributed by atoms with E-state index in [9.17, 15) is 14.4 Å². The first kappa shape index (κ1) is 15.9. The summed E-state index contributed by atoms with van der Waals surface area (Å²) in [6, 6.07) is 0.367. The van der Waals surface area contributed by atoms with Crippen molar-refractivity contribution in [2.45, 2.75) is 18.6 Å². The molecule has 2 rings (SSSR count). The third-order valence-electron chi connectivity index (χ3n) is 3.32. The van der Waals surface area contributed by atoms with E-state index >= 15 is 0 Å². The lowest BCUT2D eigenvalue weighted by Crippen LogP contribution is -2.53. The molecule has 2 heterocycles. The molecule has 10 heteroatoms. The quantitative estimate of drug-likeness (QED) is 0.537. The van der Waals surface area contributed by atoms with Crippen LogP contribution in [0.2, 0.25) is 0 Å². The lowest BCUT2D eigenvalue weighted by atomic mass is 10.1. The van der Waals surface area contributed by atoms with Gasteiger partial charge in [-0.2, -0.15) is 4.98 Å². The van der Waals surface area contributed by atoms with Crippen molar-refractivity contribution in [3.05, 3.63) is 22.7 Å². The maximum atomic E-state index is 12.4. The molecule has 1 aromatic rings. The molecule has 22 heavy (non-hydrogen) atoms. The van der Waals surface area contributed by atoms with Gasteiger partial charge in [0.05, 0.1) is 25.3 Å². The van der Waals surface area contributed by atoms with E-state index in [4.69, 9.17) is 21.3 Å². The molecule has 1 aliphatic rings. The van der Waals surface area contributed by atoms with Crippen LogP contribution in [0.15, 0.2) is 17.1 Å². The van der Waals surface area contributed by atoms with Gasteiger partial charge in [-0.25, -0.2) is 4.79 Å². The highest BCUT2D eigenvalue weighted by Crippen LogP contribution is 2.12. The van der Waals surface area contributed by atoms with Crippen LogP contribution in [0.25, 0.3) is 0 Å². The Morgan fingerprint density at radius 1 is 1.50 bits per heavy atom. The Labute approximate surface area is 125 Å². The molecule has 1 fully saturated rings. The second-order valence-corrected chi connectivity index (χ2v) is 4.95. The van der Waals surface area contributed by atoms with Gasteiger partial charge in [0.1, 0.15) is 18.9 Å². The smallest absolute Gasteiger partial charge is 0.349 e. The molecule has 10 nitrogen and oxygen atoms in total. The fourth-order valence-corrected chi connectivity index (χ4v) is 2.22. The van der Waals surface area contributed by atoms with Crippen molar-refractivity contribution in [3.8, 4) is 0 Å². The van der Waals surface area contributed by atoms with Crippen LogP contribution in [0.3, 0.4) is 0 Å². The fourth-order valence-electron chi connectivity index (χ4n) is 2.22. The average Bonchev–Trinajstić information content (AvgIpc) is 2.85. The number of nitrogens with two attached hydrogens (primary N) is 2. The number of carboxylic acid groups (broad SMARTS) is 1. The molecule has 0 aromatic carbocycles. The van der Waals surface area contributed by atoms with Crippen molar-refractivity contribution in [2.75, 3.05) is 25.5 Å². The van der Waals surface area contributed by atoms with Crippen LogP contribution in [0.5, 0.6) is 0 Å². The number of ether oxygens (including phenoxy) is 1. The molecule has 120 valence electrons. The zero-order valence-electron chi connectivity index (χ0n) is 11.7. The zero-order chi connectivity index (χ0) is 16.3. The number of nitrogen functional groups attached to an aromatic ring is 1. The van der Waals surface area contributed by atoms with Crippen LogP contribution < -0.4 is 17.2 Å². The van der Waals surface area contributed by atoms with Gasteiger partial charge in [-0.15, -0.1) is 0 Å². The SMILES string of the molecule is Nc1ccn(CC(=O)N(CC(=O)O)[C@H]2COC[C@@H]2N)c(=O)n1. The molecule has 1 aliphatic heterocycles. The van der Waals surface area contributed by atoms with Gasteiger partial charge in [-0.05, 0) is 6.07 Å². The van der Waals surface area contributed by atoms with Crippen LogP contribution in [0.1, 0.15) is 0 Å². The zero-order valence-corrected chi connectivity index (χ0v) is 11.7. The number of rotatable bonds is 5. The monoisotopic (exact) mass is 311 g/mol. The first-order valence-electron chi connectivity index (χ1n) is 6.56. The minimum absolute atomic E-state index is 0.0438. The number of carboxylic acids is 1. The summed E-state index contributed by atoms with van der Waals surface area (Å²) in [5.41, 5.74) is 10.5. The summed E-state index contributed by atoms with van der Waals surface area (Å²) in [6.45, 7) is -0.452. The molecular weight excluding hydrogens is 294 g/mol.